The molecule has 1 heterocycles. The maximum absolute atomic E-state index is 13.2. The molecule has 3 aromatic carbocycles. The number of ether oxygens (including phenoxy) is 1. The molecule has 1 aliphatic rings. The number of aliphatic hydroxyl groups excluding tert-OH is 1. The number of carboxylic acid groups (broad SMARTS) is 1. The molecule has 3 aromatic rings. The number of benzene rings is 3. The highest BCUT2D eigenvalue weighted by atomic mass is 35.5. The molecule has 0 saturated heterocycles. The van der Waals surface area contributed by atoms with Crippen molar-refractivity contribution in [2.24, 2.45) is 5.92 Å². The summed E-state index contributed by atoms with van der Waals surface area (Å²) >= 11 is 5.91. The Balaban J connectivity index is 1.66. The third-order valence-electron chi connectivity index (χ3n) is 5.53. The van der Waals surface area contributed by atoms with E-state index in [9.17, 15) is 28.2 Å². The van der Waals surface area contributed by atoms with Crippen molar-refractivity contribution < 1.29 is 32.9 Å². The van der Waals surface area contributed by atoms with Crippen LogP contribution in [0.15, 0.2) is 60.7 Å². The molecule has 0 aliphatic carbocycles. The van der Waals surface area contributed by atoms with E-state index in [0.29, 0.717) is 22.8 Å². The SMILES string of the molecule is O=C(O)c1ccc(C(F)(F)F)cc1-c1ccc2c(c1)OC[C@H](Cc1ccc(Cl)cc1)[C@H]2O. The normalized spacial score (nSPS) is 18.0. The molecule has 32 heavy (non-hydrogen) atoms. The van der Waals surface area contributed by atoms with Gasteiger partial charge in [-0.2, -0.15) is 13.2 Å². The number of fused-ring (bicyclic) bond motifs is 1. The largest absolute Gasteiger partial charge is 0.493 e. The fraction of sp³-hybridized carbons (Fsp3) is 0.208. The third-order valence-corrected chi connectivity index (χ3v) is 5.78. The molecule has 2 N–H and O–H groups in total. The lowest BCUT2D eigenvalue weighted by atomic mass is 9.87. The number of alkyl halides is 3. The molecular weight excluding hydrogens is 445 g/mol. The summed E-state index contributed by atoms with van der Waals surface area (Å²) in [5.41, 5.74) is 0.473. The molecule has 0 aromatic heterocycles. The van der Waals surface area contributed by atoms with Crippen LogP contribution in [0.4, 0.5) is 13.2 Å². The van der Waals surface area contributed by atoms with Gasteiger partial charge < -0.3 is 14.9 Å². The van der Waals surface area contributed by atoms with Crippen molar-refractivity contribution in [3.63, 3.8) is 0 Å². The van der Waals surface area contributed by atoms with Crippen LogP contribution in [0.2, 0.25) is 5.02 Å². The first kappa shape index (κ1) is 22.2. The van der Waals surface area contributed by atoms with E-state index in [2.05, 4.69) is 0 Å². The molecule has 0 amide bonds. The number of rotatable bonds is 4. The Kier molecular flexibility index (Phi) is 5.88. The van der Waals surface area contributed by atoms with E-state index in [4.69, 9.17) is 16.3 Å². The van der Waals surface area contributed by atoms with Crippen LogP contribution in [0.1, 0.15) is 33.2 Å². The minimum Gasteiger partial charge on any atom is -0.493 e. The van der Waals surface area contributed by atoms with Gasteiger partial charge in [0.1, 0.15) is 5.75 Å². The fourth-order valence-electron chi connectivity index (χ4n) is 3.85. The molecule has 0 bridgehead atoms. The van der Waals surface area contributed by atoms with Crippen LogP contribution in [0.25, 0.3) is 11.1 Å². The van der Waals surface area contributed by atoms with Crippen LogP contribution in [0, 0.1) is 5.92 Å². The first-order chi connectivity index (χ1) is 15.1. The summed E-state index contributed by atoms with van der Waals surface area (Å²) < 4.78 is 45.3. The zero-order chi connectivity index (χ0) is 23.0. The summed E-state index contributed by atoms with van der Waals surface area (Å²) in [7, 11) is 0. The number of hydrogen-bond acceptors (Lipinski definition) is 3. The second kappa shape index (κ2) is 8.48. The third kappa shape index (κ3) is 4.45. The highest BCUT2D eigenvalue weighted by molar-refractivity contribution is 6.30. The zero-order valence-electron chi connectivity index (χ0n) is 16.6. The molecule has 0 unspecified atom stereocenters. The van der Waals surface area contributed by atoms with Crippen LogP contribution in [0.5, 0.6) is 5.75 Å². The Morgan fingerprint density at radius 1 is 1.06 bits per heavy atom. The first-order valence-electron chi connectivity index (χ1n) is 9.77. The number of carbonyl (C=O) groups is 1. The van der Waals surface area contributed by atoms with Gasteiger partial charge in [-0.1, -0.05) is 35.9 Å². The molecule has 4 rings (SSSR count). The van der Waals surface area contributed by atoms with E-state index < -0.39 is 23.8 Å². The van der Waals surface area contributed by atoms with Gasteiger partial charge in [0.25, 0.3) is 0 Å². The van der Waals surface area contributed by atoms with Crippen molar-refractivity contribution in [1.82, 2.24) is 0 Å². The number of halogens is 4. The van der Waals surface area contributed by atoms with Crippen molar-refractivity contribution in [3.8, 4) is 16.9 Å². The topological polar surface area (TPSA) is 66.8 Å². The van der Waals surface area contributed by atoms with Crippen molar-refractivity contribution in [1.29, 1.82) is 0 Å². The molecule has 166 valence electrons. The second-order valence-corrected chi connectivity index (χ2v) is 8.10. The van der Waals surface area contributed by atoms with Gasteiger partial charge in [-0.25, -0.2) is 4.79 Å². The molecule has 0 radical (unpaired) electrons. The molecule has 0 fully saturated rings. The van der Waals surface area contributed by atoms with Gasteiger partial charge in [-0.3, -0.25) is 0 Å². The molecule has 0 saturated carbocycles. The molecule has 1 aliphatic heterocycles. The number of aromatic carboxylic acids is 1. The lowest BCUT2D eigenvalue weighted by molar-refractivity contribution is -0.137. The van der Waals surface area contributed by atoms with Crippen molar-refractivity contribution >= 4 is 17.6 Å². The van der Waals surface area contributed by atoms with Crippen LogP contribution < -0.4 is 4.74 Å². The lowest BCUT2D eigenvalue weighted by Gasteiger charge is -2.31. The Labute approximate surface area is 186 Å². The average Bonchev–Trinajstić information content (AvgIpc) is 2.76. The van der Waals surface area contributed by atoms with Crippen molar-refractivity contribution in [2.45, 2.75) is 18.7 Å². The Morgan fingerprint density at radius 2 is 1.78 bits per heavy atom. The summed E-state index contributed by atoms with van der Waals surface area (Å²) in [6, 6.07) is 14.3. The number of carboxylic acids is 1. The van der Waals surface area contributed by atoms with Gasteiger partial charge in [0.05, 0.1) is 23.8 Å². The van der Waals surface area contributed by atoms with Crippen LogP contribution >= 0.6 is 11.6 Å². The highest BCUT2D eigenvalue weighted by Gasteiger charge is 2.33. The summed E-state index contributed by atoms with van der Waals surface area (Å²) in [6.45, 7) is 0.203. The fourth-order valence-corrected chi connectivity index (χ4v) is 3.98. The van der Waals surface area contributed by atoms with Crippen molar-refractivity contribution in [3.05, 3.63) is 87.9 Å². The summed E-state index contributed by atoms with van der Waals surface area (Å²) in [4.78, 5) is 11.6. The van der Waals surface area contributed by atoms with E-state index in [1.807, 2.05) is 12.1 Å². The average molecular weight is 463 g/mol. The molecular formula is C24H18ClF3O4. The number of aliphatic hydroxyl groups is 1. The predicted molar refractivity (Wildman–Crippen MR) is 113 cm³/mol. The van der Waals surface area contributed by atoms with E-state index in [-0.39, 0.29) is 29.2 Å². The Bertz CT molecular complexity index is 1160. The van der Waals surface area contributed by atoms with Crippen LogP contribution in [0.3, 0.4) is 0 Å². The Morgan fingerprint density at radius 3 is 2.44 bits per heavy atom. The van der Waals surface area contributed by atoms with Gasteiger partial charge in [0.2, 0.25) is 0 Å². The minimum atomic E-state index is -4.61. The minimum absolute atomic E-state index is 0.0727. The predicted octanol–water partition coefficient (Wildman–Crippen LogP) is 6.01. The number of hydrogen-bond donors (Lipinski definition) is 2. The van der Waals surface area contributed by atoms with Crippen LogP contribution in [-0.2, 0) is 12.6 Å². The highest BCUT2D eigenvalue weighted by Crippen LogP contribution is 2.41. The second-order valence-electron chi connectivity index (χ2n) is 7.66. The summed E-state index contributed by atoms with van der Waals surface area (Å²) in [5.74, 6) is -1.25. The maximum atomic E-state index is 13.2. The first-order valence-corrected chi connectivity index (χ1v) is 10.2. The van der Waals surface area contributed by atoms with E-state index in [0.717, 1.165) is 23.8 Å². The van der Waals surface area contributed by atoms with Gasteiger partial charge in [-0.05, 0) is 59.5 Å². The van der Waals surface area contributed by atoms with Crippen LogP contribution in [-0.4, -0.2) is 22.8 Å². The van der Waals surface area contributed by atoms with Gasteiger partial charge >= 0.3 is 12.1 Å². The smallest absolute Gasteiger partial charge is 0.416 e. The lowest BCUT2D eigenvalue weighted by Crippen LogP contribution is -2.27. The van der Waals surface area contributed by atoms with E-state index in [1.54, 1.807) is 18.2 Å². The Hall–Kier alpha value is -3.03. The van der Waals surface area contributed by atoms with E-state index >= 15 is 0 Å². The van der Waals surface area contributed by atoms with E-state index in [1.165, 1.54) is 12.1 Å². The van der Waals surface area contributed by atoms with Crippen molar-refractivity contribution in [2.75, 3.05) is 6.61 Å². The van der Waals surface area contributed by atoms with Gasteiger partial charge in [0.15, 0.2) is 0 Å². The van der Waals surface area contributed by atoms with Gasteiger partial charge in [0, 0.05) is 16.5 Å². The molecule has 0 spiro atoms. The summed E-state index contributed by atoms with van der Waals surface area (Å²) in [6.07, 6.45) is -4.90. The molecule has 2 atom stereocenters. The summed E-state index contributed by atoms with van der Waals surface area (Å²) in [5, 5.41) is 20.9. The molecule has 8 heteroatoms. The standard InChI is InChI=1S/C24H18ClF3O4/c25-17-5-1-13(2-6-17)9-15-12-32-21-10-14(3-7-19(21)22(15)29)20-11-16(24(26,27)28)4-8-18(20)23(30)31/h1-8,10-11,15,22,29H,9,12H2,(H,30,31)/t15-,22+/m0/s1. The maximum Gasteiger partial charge on any atom is 0.416 e. The van der Waals surface area contributed by atoms with Gasteiger partial charge in [-0.15, -0.1) is 0 Å². The zero-order valence-corrected chi connectivity index (χ0v) is 17.3. The quantitative estimate of drug-likeness (QED) is 0.498. The molecule has 4 nitrogen and oxygen atoms in total. The monoisotopic (exact) mass is 462 g/mol.